The highest BCUT2D eigenvalue weighted by Gasteiger charge is 2.13. The Balaban J connectivity index is 1.34. The largest absolute Gasteiger partial charge is 0.372 e. The fraction of sp³-hybridized carbons (Fsp3) is 0.435. The number of likely N-dealkylation sites (tertiary alicyclic amines) is 1. The molecular formula is C23H29N3O. The Morgan fingerprint density at radius 2 is 1.41 bits per heavy atom. The van der Waals surface area contributed by atoms with Crippen LogP contribution in [0.3, 0.4) is 0 Å². The lowest BCUT2D eigenvalue weighted by Crippen LogP contribution is -2.29. The van der Waals surface area contributed by atoms with E-state index in [1.807, 2.05) is 24.3 Å². The van der Waals surface area contributed by atoms with Gasteiger partial charge < -0.3 is 10.2 Å². The van der Waals surface area contributed by atoms with Crippen LogP contribution in [-0.4, -0.2) is 37.0 Å². The third kappa shape index (κ3) is 4.69. The SMILES string of the molecule is O=C(Nc1ccc(CN2CCCC2)cc1)c1ccc(N2CCCCC2)cc1. The highest BCUT2D eigenvalue weighted by Crippen LogP contribution is 2.21. The van der Waals surface area contributed by atoms with Crippen LogP contribution in [0.5, 0.6) is 0 Å². The molecule has 0 spiro atoms. The molecule has 0 radical (unpaired) electrons. The number of carbonyl (C=O) groups is 1. The molecule has 27 heavy (non-hydrogen) atoms. The molecule has 4 rings (SSSR count). The summed E-state index contributed by atoms with van der Waals surface area (Å²) in [6.45, 7) is 5.65. The van der Waals surface area contributed by atoms with Gasteiger partial charge in [0.1, 0.15) is 0 Å². The average molecular weight is 364 g/mol. The lowest BCUT2D eigenvalue weighted by Gasteiger charge is -2.28. The summed E-state index contributed by atoms with van der Waals surface area (Å²) in [7, 11) is 0. The fourth-order valence-electron chi connectivity index (χ4n) is 4.07. The van der Waals surface area contributed by atoms with E-state index in [0.29, 0.717) is 5.56 Å². The van der Waals surface area contributed by atoms with Crippen LogP contribution >= 0.6 is 0 Å². The number of carbonyl (C=O) groups excluding carboxylic acids is 1. The number of anilines is 2. The van der Waals surface area contributed by atoms with Crippen molar-refractivity contribution in [3.63, 3.8) is 0 Å². The van der Waals surface area contributed by atoms with Crippen molar-refractivity contribution < 1.29 is 4.79 Å². The number of hydrogen-bond donors (Lipinski definition) is 1. The highest BCUT2D eigenvalue weighted by molar-refractivity contribution is 6.04. The zero-order chi connectivity index (χ0) is 18.5. The quantitative estimate of drug-likeness (QED) is 0.848. The number of amides is 1. The van der Waals surface area contributed by atoms with Crippen molar-refractivity contribution in [2.45, 2.75) is 38.6 Å². The Kier molecular flexibility index (Phi) is 5.73. The van der Waals surface area contributed by atoms with Crippen LogP contribution in [0.1, 0.15) is 48.0 Å². The maximum absolute atomic E-state index is 12.5. The van der Waals surface area contributed by atoms with Crippen LogP contribution in [0, 0.1) is 0 Å². The first-order valence-corrected chi connectivity index (χ1v) is 10.3. The molecule has 0 saturated carbocycles. The van der Waals surface area contributed by atoms with Crippen molar-refractivity contribution in [3.05, 3.63) is 59.7 Å². The third-order valence-electron chi connectivity index (χ3n) is 5.67. The molecule has 4 heteroatoms. The molecule has 0 atom stereocenters. The molecule has 142 valence electrons. The lowest BCUT2D eigenvalue weighted by atomic mass is 10.1. The van der Waals surface area contributed by atoms with Crippen molar-refractivity contribution in [1.29, 1.82) is 0 Å². The van der Waals surface area contributed by atoms with E-state index in [2.05, 4.69) is 39.4 Å². The first-order chi connectivity index (χ1) is 13.3. The van der Waals surface area contributed by atoms with Gasteiger partial charge in [-0.2, -0.15) is 0 Å². The van der Waals surface area contributed by atoms with Gasteiger partial charge in [-0.15, -0.1) is 0 Å². The predicted molar refractivity (Wildman–Crippen MR) is 111 cm³/mol. The Labute approximate surface area is 162 Å². The van der Waals surface area contributed by atoms with Gasteiger partial charge in [-0.25, -0.2) is 0 Å². The van der Waals surface area contributed by atoms with Gasteiger partial charge in [0.2, 0.25) is 0 Å². The van der Waals surface area contributed by atoms with Crippen LogP contribution < -0.4 is 10.2 Å². The second kappa shape index (κ2) is 8.57. The minimum atomic E-state index is -0.0486. The Morgan fingerprint density at radius 1 is 0.778 bits per heavy atom. The number of nitrogens with zero attached hydrogens (tertiary/aromatic N) is 2. The second-order valence-electron chi connectivity index (χ2n) is 7.73. The van der Waals surface area contributed by atoms with E-state index < -0.39 is 0 Å². The van der Waals surface area contributed by atoms with Gasteiger partial charge in [0, 0.05) is 36.6 Å². The van der Waals surface area contributed by atoms with Crippen LogP contribution in [0.4, 0.5) is 11.4 Å². The molecule has 2 aromatic rings. The molecule has 2 fully saturated rings. The summed E-state index contributed by atoms with van der Waals surface area (Å²) in [5.41, 5.74) is 4.08. The molecule has 2 heterocycles. The molecule has 0 unspecified atom stereocenters. The van der Waals surface area contributed by atoms with Crippen LogP contribution in [0.25, 0.3) is 0 Å². The first kappa shape index (κ1) is 18.1. The smallest absolute Gasteiger partial charge is 0.255 e. The number of nitrogens with one attached hydrogen (secondary N) is 1. The molecule has 4 nitrogen and oxygen atoms in total. The lowest BCUT2D eigenvalue weighted by molar-refractivity contribution is 0.102. The second-order valence-corrected chi connectivity index (χ2v) is 7.73. The van der Waals surface area contributed by atoms with E-state index in [4.69, 9.17) is 0 Å². The number of hydrogen-bond acceptors (Lipinski definition) is 3. The Hall–Kier alpha value is -2.33. The predicted octanol–water partition coefficient (Wildman–Crippen LogP) is 4.53. The monoisotopic (exact) mass is 363 g/mol. The standard InChI is InChI=1S/C23H29N3O/c27-23(20-8-12-22(13-9-20)26-16-2-1-3-17-26)24-21-10-6-19(7-11-21)18-25-14-4-5-15-25/h6-13H,1-5,14-18H2,(H,24,27). The van der Waals surface area contributed by atoms with Gasteiger partial charge in [-0.3, -0.25) is 9.69 Å². The van der Waals surface area contributed by atoms with Gasteiger partial charge in [-0.1, -0.05) is 12.1 Å². The topological polar surface area (TPSA) is 35.6 Å². The summed E-state index contributed by atoms with van der Waals surface area (Å²) < 4.78 is 0. The Bertz CT molecular complexity index is 742. The molecular weight excluding hydrogens is 334 g/mol. The average Bonchev–Trinajstić information content (AvgIpc) is 3.23. The molecule has 0 bridgehead atoms. The van der Waals surface area contributed by atoms with Gasteiger partial charge >= 0.3 is 0 Å². The van der Waals surface area contributed by atoms with Gasteiger partial charge in [0.15, 0.2) is 0 Å². The van der Waals surface area contributed by atoms with Crippen molar-refractivity contribution in [1.82, 2.24) is 4.90 Å². The molecule has 1 amide bonds. The van der Waals surface area contributed by atoms with E-state index in [1.54, 1.807) is 0 Å². The maximum Gasteiger partial charge on any atom is 0.255 e. The fourth-order valence-corrected chi connectivity index (χ4v) is 4.07. The summed E-state index contributed by atoms with van der Waals surface area (Å²) >= 11 is 0. The van der Waals surface area contributed by atoms with Crippen molar-refractivity contribution in [3.8, 4) is 0 Å². The summed E-state index contributed by atoms with van der Waals surface area (Å²) in [4.78, 5) is 17.4. The van der Waals surface area contributed by atoms with Gasteiger partial charge in [0.25, 0.3) is 5.91 Å². The minimum Gasteiger partial charge on any atom is -0.372 e. The number of rotatable bonds is 5. The maximum atomic E-state index is 12.5. The molecule has 2 aromatic carbocycles. The van der Waals surface area contributed by atoms with Crippen molar-refractivity contribution >= 4 is 17.3 Å². The van der Waals surface area contributed by atoms with E-state index >= 15 is 0 Å². The van der Waals surface area contributed by atoms with Crippen LogP contribution in [0.15, 0.2) is 48.5 Å². The minimum absolute atomic E-state index is 0.0486. The summed E-state index contributed by atoms with van der Waals surface area (Å²) in [5, 5.41) is 3.01. The van der Waals surface area contributed by atoms with E-state index in [0.717, 1.165) is 25.3 Å². The molecule has 1 N–H and O–H groups in total. The highest BCUT2D eigenvalue weighted by atomic mass is 16.1. The van der Waals surface area contributed by atoms with Crippen molar-refractivity contribution in [2.24, 2.45) is 0 Å². The third-order valence-corrected chi connectivity index (χ3v) is 5.67. The molecule has 0 aromatic heterocycles. The zero-order valence-electron chi connectivity index (χ0n) is 16.0. The van der Waals surface area contributed by atoms with Gasteiger partial charge in [-0.05, 0) is 87.2 Å². The number of benzene rings is 2. The molecule has 2 aliphatic heterocycles. The summed E-state index contributed by atoms with van der Waals surface area (Å²) in [6, 6.07) is 16.2. The Morgan fingerprint density at radius 3 is 2.07 bits per heavy atom. The normalized spacial score (nSPS) is 17.9. The van der Waals surface area contributed by atoms with Crippen molar-refractivity contribution in [2.75, 3.05) is 36.4 Å². The number of piperidine rings is 1. The summed E-state index contributed by atoms with van der Waals surface area (Å²) in [6.07, 6.45) is 6.47. The molecule has 0 aliphatic carbocycles. The van der Waals surface area contributed by atoms with E-state index in [1.165, 1.54) is 56.4 Å². The zero-order valence-corrected chi connectivity index (χ0v) is 16.0. The first-order valence-electron chi connectivity index (χ1n) is 10.3. The van der Waals surface area contributed by atoms with E-state index in [9.17, 15) is 4.79 Å². The molecule has 2 saturated heterocycles. The summed E-state index contributed by atoms with van der Waals surface area (Å²) in [5.74, 6) is -0.0486. The van der Waals surface area contributed by atoms with Crippen LogP contribution in [0.2, 0.25) is 0 Å². The van der Waals surface area contributed by atoms with Gasteiger partial charge in [0.05, 0.1) is 0 Å². The molecule has 2 aliphatic rings. The van der Waals surface area contributed by atoms with Crippen LogP contribution in [-0.2, 0) is 6.54 Å². The van der Waals surface area contributed by atoms with E-state index in [-0.39, 0.29) is 5.91 Å².